The van der Waals surface area contributed by atoms with E-state index in [9.17, 15) is 0 Å². The summed E-state index contributed by atoms with van der Waals surface area (Å²) in [6.45, 7) is 0. The molecule has 3 aromatic heterocycles. The summed E-state index contributed by atoms with van der Waals surface area (Å²) >= 11 is 0. The summed E-state index contributed by atoms with van der Waals surface area (Å²) in [5.74, 6) is 1.12. The van der Waals surface area contributed by atoms with E-state index in [0.29, 0.717) is 11.5 Å². The zero-order chi connectivity index (χ0) is 37.7. The molecule has 11 rings (SSSR count). The van der Waals surface area contributed by atoms with Gasteiger partial charge in [-0.2, -0.15) is 12.1 Å². The Labute approximate surface area is 349 Å². The molecular formula is C51H31N5OPt+2. The van der Waals surface area contributed by atoms with Crippen molar-refractivity contribution >= 4 is 61.5 Å². The number of hydrogen-bond donors (Lipinski definition) is 0. The SMILES string of the molecule is C1=[N+](c2[c-]c(Oc3[c-]c(-n4c5ccncc5c5cccnc54)ccc3)ccc2)c2ccc3ccccc3c2[N+]=1c1c(-c2ccccc2)cccc1-c1ccccc1.[Pt+2]. The van der Waals surface area contributed by atoms with Gasteiger partial charge in [0.2, 0.25) is 5.69 Å². The van der Waals surface area contributed by atoms with Crippen LogP contribution in [-0.2, 0) is 21.1 Å². The average molecular weight is 925 g/mol. The molecule has 7 heteroatoms. The van der Waals surface area contributed by atoms with Gasteiger partial charge in [0.05, 0.1) is 22.0 Å². The zero-order valence-electron chi connectivity index (χ0n) is 30.9. The quantitative estimate of drug-likeness (QED) is 0.118. The minimum Gasteiger partial charge on any atom is -0.509 e. The Bertz CT molecular complexity index is 3150. The van der Waals surface area contributed by atoms with Crippen LogP contribution in [-0.4, -0.2) is 20.5 Å². The molecule has 1 aliphatic rings. The molecule has 1 aliphatic heterocycles. The molecule has 58 heavy (non-hydrogen) atoms. The average Bonchev–Trinajstić information content (AvgIpc) is 3.84. The Morgan fingerprint density at radius 3 is 2.02 bits per heavy atom. The van der Waals surface area contributed by atoms with Gasteiger partial charge in [0, 0.05) is 46.9 Å². The van der Waals surface area contributed by atoms with Crippen LogP contribution < -0.4 is 13.9 Å². The summed E-state index contributed by atoms with van der Waals surface area (Å²) in [6.07, 6.45) is 5.49. The Balaban J connectivity index is 0.00000408. The molecule has 6 nitrogen and oxygen atoms in total. The van der Waals surface area contributed by atoms with Crippen molar-refractivity contribution in [3.05, 3.63) is 201 Å². The van der Waals surface area contributed by atoms with Crippen molar-refractivity contribution in [2.24, 2.45) is 0 Å². The Kier molecular flexibility index (Phi) is 8.91. The van der Waals surface area contributed by atoms with Crippen LogP contribution in [0.1, 0.15) is 0 Å². The number of nitrogens with zero attached hydrogens (tertiary/aromatic N) is 5. The summed E-state index contributed by atoms with van der Waals surface area (Å²) in [5.41, 5.74) is 11.0. The molecule has 10 aromatic rings. The van der Waals surface area contributed by atoms with Crippen LogP contribution in [0.2, 0.25) is 0 Å². The number of hydrogen-bond acceptors (Lipinski definition) is 3. The number of ether oxygens (including phenoxy) is 1. The summed E-state index contributed by atoms with van der Waals surface area (Å²) in [6, 6.07) is 69.3. The maximum atomic E-state index is 6.54. The third kappa shape index (κ3) is 5.95. The fourth-order valence-corrected chi connectivity index (χ4v) is 8.00. The van der Waals surface area contributed by atoms with E-state index in [2.05, 4.69) is 158 Å². The van der Waals surface area contributed by atoms with Crippen molar-refractivity contribution in [2.45, 2.75) is 0 Å². The first-order chi connectivity index (χ1) is 28.3. The van der Waals surface area contributed by atoms with Crippen LogP contribution in [0.3, 0.4) is 0 Å². The second-order valence-corrected chi connectivity index (χ2v) is 13.9. The summed E-state index contributed by atoms with van der Waals surface area (Å²) in [7, 11) is 0. The summed E-state index contributed by atoms with van der Waals surface area (Å²) in [4.78, 5) is 9.11. The molecule has 0 N–H and O–H groups in total. The standard InChI is InChI=1S/C51H31N5O.Pt/c1-3-13-35(14-4-1)42-23-11-24-43(36-15-5-2-6-16-36)49(42)55-34-54(48-27-26-37-17-7-8-22-44(37)50(48)55)38-18-9-20-40(31-38)57-41-21-10-19-39(32-41)56-47-28-30-52-33-46(47)45-25-12-29-53-51(45)56;/h1-30,33H;/q;+2. The molecule has 0 fully saturated rings. The van der Waals surface area contributed by atoms with Gasteiger partial charge < -0.3 is 9.30 Å². The molecule has 0 spiro atoms. The van der Waals surface area contributed by atoms with E-state index >= 15 is 0 Å². The number of aromatic nitrogens is 3. The van der Waals surface area contributed by atoms with Crippen LogP contribution in [0.5, 0.6) is 11.5 Å². The van der Waals surface area contributed by atoms with Crippen molar-refractivity contribution in [3.8, 4) is 39.4 Å². The van der Waals surface area contributed by atoms with Crippen LogP contribution in [0.25, 0.3) is 60.6 Å². The van der Waals surface area contributed by atoms with Crippen molar-refractivity contribution < 1.29 is 25.8 Å². The molecule has 0 unspecified atom stereocenters. The molecule has 0 atom stereocenters. The van der Waals surface area contributed by atoms with E-state index in [1.54, 1.807) is 6.20 Å². The van der Waals surface area contributed by atoms with Crippen molar-refractivity contribution in [2.75, 3.05) is 0 Å². The first-order valence-corrected chi connectivity index (χ1v) is 18.8. The minimum atomic E-state index is 0. The van der Waals surface area contributed by atoms with Crippen molar-refractivity contribution in [1.29, 1.82) is 0 Å². The molecule has 0 amide bonds. The van der Waals surface area contributed by atoms with Crippen LogP contribution in [0.4, 0.5) is 22.7 Å². The maximum Gasteiger partial charge on any atom is 2.00 e. The van der Waals surface area contributed by atoms with E-state index in [-0.39, 0.29) is 21.1 Å². The molecule has 0 bridgehead atoms. The van der Waals surface area contributed by atoms with Gasteiger partial charge in [-0.25, -0.2) is 4.98 Å². The predicted octanol–water partition coefficient (Wildman–Crippen LogP) is 12.3. The number of fused-ring (bicyclic) bond motifs is 6. The van der Waals surface area contributed by atoms with Crippen molar-refractivity contribution in [1.82, 2.24) is 23.7 Å². The minimum absolute atomic E-state index is 0. The molecular weight excluding hydrogens is 894 g/mol. The van der Waals surface area contributed by atoms with Gasteiger partial charge in [0.25, 0.3) is 5.69 Å². The Hall–Kier alpha value is -7.23. The first kappa shape index (κ1) is 35.2. The van der Waals surface area contributed by atoms with Gasteiger partial charge >= 0.3 is 32.8 Å². The van der Waals surface area contributed by atoms with E-state index in [1.807, 2.05) is 60.9 Å². The molecule has 0 radical (unpaired) electrons. The Morgan fingerprint density at radius 2 is 1.22 bits per heavy atom. The zero-order valence-corrected chi connectivity index (χ0v) is 33.1. The smallest absolute Gasteiger partial charge is 0.509 e. The number of benzene rings is 7. The molecule has 0 aliphatic carbocycles. The summed E-state index contributed by atoms with van der Waals surface area (Å²) in [5, 5.41) is 4.34. The normalized spacial score (nSPS) is 11.9. The predicted molar refractivity (Wildman–Crippen MR) is 230 cm³/mol. The fraction of sp³-hybridized carbons (Fsp3) is 0. The third-order valence-corrected chi connectivity index (χ3v) is 10.5. The molecule has 0 saturated carbocycles. The van der Waals surface area contributed by atoms with Gasteiger partial charge in [-0.1, -0.05) is 107 Å². The molecule has 0 saturated heterocycles. The van der Waals surface area contributed by atoms with Gasteiger partial charge in [0.1, 0.15) is 11.3 Å². The van der Waals surface area contributed by atoms with E-state index < -0.39 is 0 Å². The number of rotatable bonds is 7. The topological polar surface area (TPSA) is 46.0 Å². The first-order valence-electron chi connectivity index (χ1n) is 18.8. The second-order valence-electron chi connectivity index (χ2n) is 13.9. The second kappa shape index (κ2) is 14.7. The van der Waals surface area contributed by atoms with E-state index in [4.69, 9.17) is 9.72 Å². The van der Waals surface area contributed by atoms with Crippen LogP contribution in [0, 0.1) is 12.1 Å². The van der Waals surface area contributed by atoms with Crippen LogP contribution in [0.15, 0.2) is 188 Å². The summed E-state index contributed by atoms with van der Waals surface area (Å²) < 4.78 is 13.0. The monoisotopic (exact) mass is 924 g/mol. The van der Waals surface area contributed by atoms with Gasteiger partial charge in [-0.3, -0.25) is 4.98 Å². The largest absolute Gasteiger partial charge is 2.00 e. The third-order valence-electron chi connectivity index (χ3n) is 10.5. The van der Waals surface area contributed by atoms with Gasteiger partial charge in [-0.15, -0.1) is 24.3 Å². The van der Waals surface area contributed by atoms with Gasteiger partial charge in [0.15, 0.2) is 0 Å². The Morgan fingerprint density at radius 1 is 0.534 bits per heavy atom. The molecule has 7 aromatic carbocycles. The molecule has 274 valence electrons. The van der Waals surface area contributed by atoms with Gasteiger partial charge in [-0.05, 0) is 63.6 Å². The fourth-order valence-electron chi connectivity index (χ4n) is 8.00. The number of pyridine rings is 2. The number of para-hydroxylation sites is 1. The van der Waals surface area contributed by atoms with Crippen LogP contribution >= 0.6 is 0 Å². The van der Waals surface area contributed by atoms with Crippen molar-refractivity contribution in [3.63, 3.8) is 0 Å². The molecule has 4 heterocycles. The van der Waals surface area contributed by atoms with E-state index in [0.717, 1.165) is 83.4 Å². The maximum absolute atomic E-state index is 6.54. The van der Waals surface area contributed by atoms with E-state index in [1.165, 1.54) is 0 Å².